The van der Waals surface area contributed by atoms with Gasteiger partial charge in [-0.3, -0.25) is 4.79 Å². The number of unbranched alkanes of at least 4 members (excludes halogenated alkanes) is 1. The molecule has 0 bridgehead atoms. The minimum Gasteiger partial charge on any atom is -0.494 e. The van der Waals surface area contributed by atoms with Crippen molar-refractivity contribution in [3.8, 4) is 17.2 Å². The Morgan fingerprint density at radius 1 is 1.38 bits per heavy atom. The zero-order valence-electron chi connectivity index (χ0n) is 11.5. The first-order valence-electron chi connectivity index (χ1n) is 6.48. The van der Waals surface area contributed by atoms with Crippen molar-refractivity contribution in [2.75, 3.05) is 7.11 Å². The lowest BCUT2D eigenvalue weighted by atomic mass is 10.2. The first kappa shape index (κ1) is 15.0. The van der Waals surface area contributed by atoms with Crippen molar-refractivity contribution < 1.29 is 23.4 Å². The maximum Gasteiger partial charge on any atom is 0.303 e. The Kier molecular flexibility index (Phi) is 4.86. The third-order valence-electron chi connectivity index (χ3n) is 2.90. The van der Waals surface area contributed by atoms with E-state index in [4.69, 9.17) is 14.3 Å². The maximum absolute atomic E-state index is 13.3. The van der Waals surface area contributed by atoms with Gasteiger partial charge in [-0.05, 0) is 31.0 Å². The smallest absolute Gasteiger partial charge is 0.303 e. The molecule has 1 N–H and O–H groups in total. The van der Waals surface area contributed by atoms with Crippen molar-refractivity contribution >= 4 is 5.97 Å². The van der Waals surface area contributed by atoms with E-state index in [1.807, 2.05) is 0 Å². The number of benzene rings is 1. The number of rotatable bonds is 7. The van der Waals surface area contributed by atoms with E-state index < -0.39 is 11.8 Å². The lowest BCUT2D eigenvalue weighted by Gasteiger charge is -2.02. The van der Waals surface area contributed by atoms with E-state index in [1.54, 1.807) is 0 Å². The molecule has 112 valence electrons. The van der Waals surface area contributed by atoms with Gasteiger partial charge in [0.05, 0.1) is 7.11 Å². The fourth-order valence-electron chi connectivity index (χ4n) is 1.82. The topological polar surface area (TPSA) is 85.5 Å². The van der Waals surface area contributed by atoms with Crippen molar-refractivity contribution in [2.24, 2.45) is 0 Å². The number of carboxylic acid groups (broad SMARTS) is 1. The van der Waals surface area contributed by atoms with Crippen LogP contribution in [0.3, 0.4) is 0 Å². The highest BCUT2D eigenvalue weighted by Gasteiger charge is 2.11. The highest BCUT2D eigenvalue weighted by atomic mass is 19.1. The van der Waals surface area contributed by atoms with Gasteiger partial charge in [0.15, 0.2) is 11.6 Å². The average molecular weight is 294 g/mol. The number of carbonyl (C=O) groups is 1. The van der Waals surface area contributed by atoms with Gasteiger partial charge >= 0.3 is 5.97 Å². The number of carboxylic acids is 1. The number of hydrogen-bond donors (Lipinski definition) is 1. The minimum absolute atomic E-state index is 0.105. The lowest BCUT2D eigenvalue weighted by molar-refractivity contribution is -0.137. The normalized spacial score (nSPS) is 10.6. The van der Waals surface area contributed by atoms with Crippen LogP contribution in [0.4, 0.5) is 4.39 Å². The molecule has 1 heterocycles. The summed E-state index contributed by atoms with van der Waals surface area (Å²) in [7, 11) is 1.38. The van der Waals surface area contributed by atoms with Crippen molar-refractivity contribution in [1.29, 1.82) is 0 Å². The highest BCUT2D eigenvalue weighted by Crippen LogP contribution is 2.25. The zero-order valence-corrected chi connectivity index (χ0v) is 11.5. The first-order chi connectivity index (χ1) is 10.1. The molecule has 6 nitrogen and oxygen atoms in total. The Hall–Kier alpha value is -2.44. The summed E-state index contributed by atoms with van der Waals surface area (Å²) in [5.74, 6) is -0.469. The Balaban J connectivity index is 2.01. The van der Waals surface area contributed by atoms with Crippen molar-refractivity contribution in [3.05, 3.63) is 29.9 Å². The summed E-state index contributed by atoms with van der Waals surface area (Å²) in [6.45, 7) is 0. The molecule has 0 unspecified atom stereocenters. The van der Waals surface area contributed by atoms with Crippen LogP contribution in [0.5, 0.6) is 5.75 Å². The molecule has 0 saturated carbocycles. The third kappa shape index (κ3) is 4.01. The largest absolute Gasteiger partial charge is 0.494 e. The molecule has 2 aromatic rings. The van der Waals surface area contributed by atoms with Crippen LogP contribution in [0, 0.1) is 5.82 Å². The summed E-state index contributed by atoms with van der Waals surface area (Å²) < 4.78 is 23.7. The van der Waals surface area contributed by atoms with E-state index in [0.29, 0.717) is 30.7 Å². The quantitative estimate of drug-likeness (QED) is 0.790. The van der Waals surface area contributed by atoms with Gasteiger partial charge in [-0.15, -0.1) is 10.2 Å². The predicted octanol–water partition coefficient (Wildman–Crippen LogP) is 2.68. The van der Waals surface area contributed by atoms with Crippen LogP contribution < -0.4 is 4.74 Å². The Labute approximate surface area is 120 Å². The van der Waals surface area contributed by atoms with Crippen LogP contribution in [0.25, 0.3) is 11.5 Å². The summed E-state index contributed by atoms with van der Waals surface area (Å²) in [6, 6.07) is 4.28. The molecule has 0 amide bonds. The van der Waals surface area contributed by atoms with E-state index in [-0.39, 0.29) is 18.1 Å². The number of aryl methyl sites for hydroxylation is 1. The van der Waals surface area contributed by atoms with Crippen molar-refractivity contribution in [3.63, 3.8) is 0 Å². The summed E-state index contributed by atoms with van der Waals surface area (Å²) in [4.78, 5) is 10.4. The number of methoxy groups -OCH3 is 1. The van der Waals surface area contributed by atoms with Crippen LogP contribution in [-0.4, -0.2) is 28.4 Å². The number of ether oxygens (including phenoxy) is 1. The van der Waals surface area contributed by atoms with Gasteiger partial charge in [0.1, 0.15) is 0 Å². The molecule has 0 spiro atoms. The van der Waals surface area contributed by atoms with Crippen LogP contribution in [0.1, 0.15) is 25.2 Å². The number of nitrogens with zero attached hydrogens (tertiary/aromatic N) is 2. The summed E-state index contributed by atoms with van der Waals surface area (Å²) in [6.07, 6.45) is 1.84. The van der Waals surface area contributed by atoms with Crippen LogP contribution in [0.2, 0.25) is 0 Å². The minimum atomic E-state index is -0.820. The monoisotopic (exact) mass is 294 g/mol. The average Bonchev–Trinajstić information content (AvgIpc) is 2.93. The van der Waals surface area contributed by atoms with Crippen LogP contribution in [-0.2, 0) is 11.2 Å². The number of aromatic nitrogens is 2. The third-order valence-corrected chi connectivity index (χ3v) is 2.90. The summed E-state index contributed by atoms with van der Waals surface area (Å²) in [5.41, 5.74) is 0.567. The first-order valence-corrected chi connectivity index (χ1v) is 6.48. The van der Waals surface area contributed by atoms with E-state index in [1.165, 1.54) is 25.3 Å². The van der Waals surface area contributed by atoms with Crippen LogP contribution >= 0.6 is 0 Å². The predicted molar refractivity (Wildman–Crippen MR) is 71.4 cm³/mol. The molecule has 0 aliphatic heterocycles. The fourth-order valence-corrected chi connectivity index (χ4v) is 1.82. The molecule has 21 heavy (non-hydrogen) atoms. The molecule has 1 aromatic carbocycles. The van der Waals surface area contributed by atoms with E-state index in [2.05, 4.69) is 10.2 Å². The molecule has 0 fully saturated rings. The molecule has 0 atom stereocenters. The van der Waals surface area contributed by atoms with Crippen molar-refractivity contribution in [1.82, 2.24) is 10.2 Å². The van der Waals surface area contributed by atoms with Gasteiger partial charge in [-0.1, -0.05) is 0 Å². The number of aliphatic carboxylic acids is 1. The SMILES string of the molecule is COc1cc(-c2nnc(CCCCC(=O)O)o2)ccc1F. The standard InChI is InChI=1S/C14H15FN2O4/c1-20-11-8-9(6-7-10(11)15)14-17-16-12(21-14)4-2-3-5-13(18)19/h6-8H,2-5H2,1H3,(H,18,19). The molecule has 0 radical (unpaired) electrons. The zero-order chi connectivity index (χ0) is 15.2. The highest BCUT2D eigenvalue weighted by molar-refractivity contribution is 5.66. The lowest BCUT2D eigenvalue weighted by Crippen LogP contribution is -1.95. The molecule has 0 aliphatic carbocycles. The molecule has 0 aliphatic rings. The molecular weight excluding hydrogens is 279 g/mol. The second kappa shape index (κ2) is 6.83. The second-order valence-corrected chi connectivity index (χ2v) is 4.45. The molecular formula is C14H15FN2O4. The van der Waals surface area contributed by atoms with Crippen LogP contribution in [0.15, 0.2) is 22.6 Å². The van der Waals surface area contributed by atoms with Gasteiger partial charge in [0.2, 0.25) is 11.8 Å². The maximum atomic E-state index is 13.3. The van der Waals surface area contributed by atoms with Gasteiger partial charge in [0.25, 0.3) is 0 Å². The Morgan fingerprint density at radius 2 is 2.19 bits per heavy atom. The van der Waals surface area contributed by atoms with Gasteiger partial charge in [-0.2, -0.15) is 0 Å². The number of hydrogen-bond acceptors (Lipinski definition) is 5. The van der Waals surface area contributed by atoms with E-state index >= 15 is 0 Å². The van der Waals surface area contributed by atoms with E-state index in [0.717, 1.165) is 0 Å². The summed E-state index contributed by atoms with van der Waals surface area (Å²) in [5, 5.41) is 16.3. The van der Waals surface area contributed by atoms with Gasteiger partial charge < -0.3 is 14.3 Å². The van der Waals surface area contributed by atoms with Gasteiger partial charge in [0, 0.05) is 18.4 Å². The Morgan fingerprint density at radius 3 is 2.90 bits per heavy atom. The Bertz CT molecular complexity index is 627. The molecule has 1 aromatic heterocycles. The van der Waals surface area contributed by atoms with Gasteiger partial charge in [-0.25, -0.2) is 4.39 Å². The molecule has 2 rings (SSSR count). The van der Waals surface area contributed by atoms with Crippen molar-refractivity contribution in [2.45, 2.75) is 25.7 Å². The van der Waals surface area contributed by atoms with E-state index in [9.17, 15) is 9.18 Å². The molecule has 0 saturated heterocycles. The number of halogens is 1. The fraction of sp³-hybridized carbons (Fsp3) is 0.357. The summed E-state index contributed by atoms with van der Waals surface area (Å²) >= 11 is 0. The second-order valence-electron chi connectivity index (χ2n) is 4.45. The molecule has 7 heteroatoms.